The van der Waals surface area contributed by atoms with Crippen LogP contribution in [0.3, 0.4) is 0 Å². The summed E-state index contributed by atoms with van der Waals surface area (Å²) in [5.41, 5.74) is 2.74. The number of carbonyl (C=O) groups excluding carboxylic acids is 6. The standard InChI is InChI=1S/C56H80N14O9/c1-37(57-3)51(71)59-43-21-13-11-19-41-23-25-47(69(41)55(43)75)53(73)61-49(39-15-7-5-8-16-39)45-35-67(65-63-45)27-29-77-31-33-79-34-32-78-30-28-68-36-46(64-66-68)50(40-17-9-6-10-18-40)62-54(74)48-26-24-42-20-12-14-22-44(56(76)70(42)48)60-52(72)38(2)58-4/h5-10,15-18,35-38,41-44,47-50,57-58H,11-14,19-34H2,1-4H3,(H,59,71)(H,60,72)(H,61,73)(H,62,74)/t37-,38-,41?,42?,43-,44-,47-,48-,49-,50-/m0/s1. The molecule has 10 atom stereocenters. The zero-order valence-electron chi connectivity index (χ0n) is 46.1. The van der Waals surface area contributed by atoms with Crippen LogP contribution in [0.5, 0.6) is 0 Å². The van der Waals surface area contributed by atoms with Crippen molar-refractivity contribution >= 4 is 35.4 Å². The molecular weight excluding hydrogens is 1010 g/mol. The molecule has 2 aromatic heterocycles. The van der Waals surface area contributed by atoms with Gasteiger partial charge in [0.25, 0.3) is 0 Å². The molecule has 4 aromatic rings. The van der Waals surface area contributed by atoms with Gasteiger partial charge in [0.05, 0.1) is 89.3 Å². The minimum absolute atomic E-state index is 0.0687. The second-order valence-electron chi connectivity index (χ2n) is 21.1. The van der Waals surface area contributed by atoms with Gasteiger partial charge in [0.2, 0.25) is 35.4 Å². The number of carbonyl (C=O) groups is 6. The van der Waals surface area contributed by atoms with Crippen LogP contribution >= 0.6 is 0 Å². The molecule has 4 fully saturated rings. The van der Waals surface area contributed by atoms with Gasteiger partial charge in [-0.2, -0.15) is 0 Å². The largest absolute Gasteiger partial charge is 0.377 e. The van der Waals surface area contributed by atoms with Crippen molar-refractivity contribution in [2.45, 2.75) is 164 Å². The number of hydrogen-bond donors (Lipinski definition) is 6. The summed E-state index contributed by atoms with van der Waals surface area (Å²) >= 11 is 0. The fraction of sp³-hybridized carbons (Fsp3) is 0.607. The summed E-state index contributed by atoms with van der Waals surface area (Å²) in [7, 11) is 3.40. The van der Waals surface area contributed by atoms with Crippen LogP contribution in [-0.2, 0) is 56.1 Å². The molecule has 0 spiro atoms. The number of benzene rings is 2. The van der Waals surface area contributed by atoms with E-state index in [-0.39, 0.29) is 47.5 Å². The fourth-order valence-electron chi connectivity index (χ4n) is 11.1. The Balaban J connectivity index is 0.756. The highest BCUT2D eigenvalue weighted by Gasteiger charge is 2.46. The summed E-state index contributed by atoms with van der Waals surface area (Å²) in [6.45, 7) is 6.45. The minimum atomic E-state index is -0.693. The third-order valence-electron chi connectivity index (χ3n) is 15.8. The van der Waals surface area contributed by atoms with Crippen molar-refractivity contribution < 1.29 is 43.0 Å². The molecule has 8 rings (SSSR count). The number of rotatable bonds is 26. The molecule has 6 amide bonds. The molecule has 23 nitrogen and oxygen atoms in total. The summed E-state index contributed by atoms with van der Waals surface area (Å²) in [4.78, 5) is 85.6. The molecule has 4 saturated heterocycles. The Bertz CT molecular complexity index is 2450. The Morgan fingerprint density at radius 2 is 0.911 bits per heavy atom. The van der Waals surface area contributed by atoms with E-state index in [1.54, 1.807) is 59.5 Å². The Morgan fingerprint density at radius 3 is 1.30 bits per heavy atom. The van der Waals surface area contributed by atoms with Crippen LogP contribution in [0.1, 0.15) is 125 Å². The van der Waals surface area contributed by atoms with Gasteiger partial charge in [0.15, 0.2) is 0 Å². The van der Waals surface area contributed by atoms with Crippen molar-refractivity contribution in [1.82, 2.24) is 71.7 Å². The van der Waals surface area contributed by atoms with Crippen LogP contribution in [0.2, 0.25) is 0 Å². The quantitative estimate of drug-likeness (QED) is 0.0492. The van der Waals surface area contributed by atoms with E-state index in [1.807, 2.05) is 60.7 Å². The lowest BCUT2D eigenvalue weighted by molar-refractivity contribution is -0.144. The zero-order chi connectivity index (χ0) is 55.7. The first kappa shape index (κ1) is 58.5. The molecule has 0 aliphatic carbocycles. The summed E-state index contributed by atoms with van der Waals surface area (Å²) in [6, 6.07) is 14.1. The second-order valence-corrected chi connectivity index (χ2v) is 21.1. The Hall–Kier alpha value is -6.66. The number of amides is 6. The molecule has 428 valence electrons. The Morgan fingerprint density at radius 1 is 0.532 bits per heavy atom. The number of ether oxygens (including phenoxy) is 3. The molecule has 2 aromatic carbocycles. The Kier molecular flexibility index (Phi) is 21.5. The predicted molar refractivity (Wildman–Crippen MR) is 291 cm³/mol. The fourth-order valence-corrected chi connectivity index (χ4v) is 11.1. The van der Waals surface area contributed by atoms with Crippen LogP contribution in [0, 0.1) is 0 Å². The van der Waals surface area contributed by atoms with Crippen molar-refractivity contribution in [1.29, 1.82) is 0 Å². The lowest BCUT2D eigenvalue weighted by atomic mass is 9.98. The van der Waals surface area contributed by atoms with E-state index in [9.17, 15) is 28.8 Å². The molecule has 0 bridgehead atoms. The molecular formula is C56H80N14O9. The van der Waals surface area contributed by atoms with Gasteiger partial charge in [-0.3, -0.25) is 28.8 Å². The number of likely N-dealkylation sites (N-methyl/N-ethyl adjacent to an activating group) is 2. The van der Waals surface area contributed by atoms with Gasteiger partial charge in [-0.15, -0.1) is 10.2 Å². The molecule has 6 heterocycles. The SMILES string of the molecule is CN[C@@H](C)C(=O)N[C@H]1CCCCC2CC[C@@H](C(=O)N[C@@H](c3ccccc3)c3cn(CCOCCOCCOCCn4cc([C@@H](NC(=O)[C@@H]5CCC6CCCC[C@H](NC(=O)[C@H](C)NC)C(=O)N65)c5ccccc5)nn4)nn3)N2C1=O. The second kappa shape index (κ2) is 29.0. The first-order valence-electron chi connectivity index (χ1n) is 28.3. The Labute approximate surface area is 462 Å². The highest BCUT2D eigenvalue weighted by molar-refractivity contribution is 5.95. The summed E-state index contributed by atoms with van der Waals surface area (Å²) in [5.74, 6) is -1.46. The van der Waals surface area contributed by atoms with Crippen LogP contribution < -0.4 is 31.9 Å². The third-order valence-corrected chi connectivity index (χ3v) is 15.8. The molecule has 0 radical (unpaired) electrons. The highest BCUT2D eigenvalue weighted by atomic mass is 16.5. The molecule has 4 aliphatic rings. The molecule has 4 aliphatic heterocycles. The molecule has 23 heteroatoms. The van der Waals surface area contributed by atoms with Gasteiger partial charge < -0.3 is 55.9 Å². The van der Waals surface area contributed by atoms with E-state index >= 15 is 0 Å². The van der Waals surface area contributed by atoms with Gasteiger partial charge in [-0.1, -0.05) is 96.8 Å². The zero-order valence-corrected chi connectivity index (χ0v) is 46.1. The van der Waals surface area contributed by atoms with Gasteiger partial charge in [-0.05, 0) is 90.4 Å². The number of nitrogens with one attached hydrogen (secondary N) is 6. The molecule has 0 saturated carbocycles. The minimum Gasteiger partial charge on any atom is -0.377 e. The van der Waals surface area contributed by atoms with Crippen molar-refractivity contribution in [3.8, 4) is 0 Å². The van der Waals surface area contributed by atoms with Gasteiger partial charge >= 0.3 is 0 Å². The average molecular weight is 1090 g/mol. The van der Waals surface area contributed by atoms with Crippen LogP contribution in [0.15, 0.2) is 73.1 Å². The van der Waals surface area contributed by atoms with E-state index in [0.29, 0.717) is 103 Å². The van der Waals surface area contributed by atoms with Crippen LogP contribution in [0.25, 0.3) is 0 Å². The van der Waals surface area contributed by atoms with Crippen LogP contribution in [-0.4, -0.2) is 177 Å². The van der Waals surface area contributed by atoms with E-state index in [2.05, 4.69) is 52.5 Å². The normalized spacial score (nSPS) is 23.0. The van der Waals surface area contributed by atoms with Gasteiger partial charge in [-0.25, -0.2) is 9.36 Å². The summed E-state index contributed by atoms with van der Waals surface area (Å²) in [5, 5.41) is 35.7. The van der Waals surface area contributed by atoms with Crippen molar-refractivity contribution in [2.24, 2.45) is 0 Å². The summed E-state index contributed by atoms with van der Waals surface area (Å²) < 4.78 is 20.8. The van der Waals surface area contributed by atoms with E-state index in [1.165, 1.54) is 0 Å². The van der Waals surface area contributed by atoms with E-state index < -0.39 is 48.3 Å². The first-order valence-corrected chi connectivity index (χ1v) is 28.3. The van der Waals surface area contributed by atoms with Gasteiger partial charge in [0.1, 0.15) is 35.6 Å². The monoisotopic (exact) mass is 1090 g/mol. The number of hydrogen-bond acceptors (Lipinski definition) is 15. The maximum Gasteiger partial charge on any atom is 0.246 e. The van der Waals surface area contributed by atoms with Crippen molar-refractivity contribution in [3.63, 3.8) is 0 Å². The smallest absolute Gasteiger partial charge is 0.246 e. The van der Waals surface area contributed by atoms with Gasteiger partial charge in [0, 0.05) is 12.1 Å². The number of aromatic nitrogens is 6. The van der Waals surface area contributed by atoms with Crippen molar-refractivity contribution in [2.75, 3.05) is 53.7 Å². The molecule has 2 unspecified atom stereocenters. The van der Waals surface area contributed by atoms with E-state index in [4.69, 9.17) is 14.2 Å². The number of fused-ring (bicyclic) bond motifs is 2. The highest BCUT2D eigenvalue weighted by Crippen LogP contribution is 2.34. The van der Waals surface area contributed by atoms with Crippen molar-refractivity contribution in [3.05, 3.63) is 95.6 Å². The number of nitrogens with zero attached hydrogens (tertiary/aromatic N) is 8. The van der Waals surface area contributed by atoms with E-state index in [0.717, 1.165) is 49.7 Å². The molecule has 79 heavy (non-hydrogen) atoms. The third kappa shape index (κ3) is 15.4. The first-order chi connectivity index (χ1) is 38.4. The lowest BCUT2D eigenvalue weighted by Gasteiger charge is -2.36. The van der Waals surface area contributed by atoms with Crippen LogP contribution in [0.4, 0.5) is 0 Å². The maximum atomic E-state index is 14.2. The molecule has 6 N–H and O–H groups in total. The lowest BCUT2D eigenvalue weighted by Crippen LogP contribution is -2.58. The topological polar surface area (TPSA) is 270 Å². The summed E-state index contributed by atoms with van der Waals surface area (Å²) in [6.07, 6.45) is 12.2. The average Bonchev–Trinajstić information content (AvgIpc) is 4.43. The predicted octanol–water partition coefficient (Wildman–Crippen LogP) is 2.08. The maximum absolute atomic E-state index is 14.2.